The molecule has 2 aliphatic rings. The van der Waals surface area contributed by atoms with Crippen LogP contribution in [-0.4, -0.2) is 35.0 Å². The Labute approximate surface area is 143 Å². The van der Waals surface area contributed by atoms with Crippen molar-refractivity contribution in [2.45, 2.75) is 18.5 Å². The fourth-order valence-electron chi connectivity index (χ4n) is 2.71. The van der Waals surface area contributed by atoms with Crippen LogP contribution in [0, 0.1) is 0 Å². The van der Waals surface area contributed by atoms with E-state index in [1.54, 1.807) is 19.4 Å². The molecule has 2 aliphatic heterocycles. The van der Waals surface area contributed by atoms with Gasteiger partial charge in [0.25, 0.3) is 0 Å². The normalized spacial score (nSPS) is 23.4. The fraction of sp³-hybridized carbons (Fsp3) is 0.250. The molecule has 0 aromatic heterocycles. The zero-order chi connectivity index (χ0) is 16.6. The second-order valence-electron chi connectivity index (χ2n) is 5.24. The standard InChI is InChI=1S/C16H14Cl2N2O3/c1-23-11-4-2-9(3-5-11)14-7-13(16(21)22)19-15-12(18)6-10(17)8-20(14)15/h2-6,8,13-14H,7H2,1H3,(H,21,22). The highest BCUT2D eigenvalue weighted by Gasteiger charge is 2.36. The van der Waals surface area contributed by atoms with Crippen LogP contribution in [0.4, 0.5) is 0 Å². The van der Waals surface area contributed by atoms with Gasteiger partial charge in [-0.25, -0.2) is 4.79 Å². The van der Waals surface area contributed by atoms with Crippen LogP contribution in [0.5, 0.6) is 5.75 Å². The Hall–Kier alpha value is -1.98. The average molecular weight is 353 g/mol. The van der Waals surface area contributed by atoms with Gasteiger partial charge in [0.05, 0.1) is 23.2 Å². The lowest BCUT2D eigenvalue weighted by Gasteiger charge is -2.38. The fourth-order valence-corrected chi connectivity index (χ4v) is 3.24. The van der Waals surface area contributed by atoms with Gasteiger partial charge in [0.15, 0.2) is 6.04 Å². The molecule has 0 amide bonds. The number of amidine groups is 1. The summed E-state index contributed by atoms with van der Waals surface area (Å²) in [6.07, 6.45) is 3.61. The van der Waals surface area contributed by atoms with Crippen molar-refractivity contribution in [1.82, 2.24) is 4.90 Å². The molecule has 23 heavy (non-hydrogen) atoms. The predicted octanol–water partition coefficient (Wildman–Crippen LogP) is 3.51. The maximum Gasteiger partial charge on any atom is 0.328 e. The quantitative estimate of drug-likeness (QED) is 0.903. The number of rotatable bonds is 3. The monoisotopic (exact) mass is 352 g/mol. The van der Waals surface area contributed by atoms with Gasteiger partial charge < -0.3 is 14.7 Å². The molecule has 0 fully saturated rings. The Balaban J connectivity index is 2.03. The number of methoxy groups -OCH3 is 1. The van der Waals surface area contributed by atoms with Crippen LogP contribution >= 0.6 is 23.2 Å². The number of benzene rings is 1. The zero-order valence-corrected chi connectivity index (χ0v) is 13.8. The maximum atomic E-state index is 11.4. The zero-order valence-electron chi connectivity index (χ0n) is 12.2. The Bertz CT molecular complexity index is 725. The Morgan fingerprint density at radius 3 is 2.65 bits per heavy atom. The van der Waals surface area contributed by atoms with E-state index in [0.29, 0.717) is 22.3 Å². The number of allylic oxidation sites excluding steroid dienone is 2. The molecule has 0 saturated heterocycles. The molecule has 1 aromatic carbocycles. The van der Waals surface area contributed by atoms with Crippen molar-refractivity contribution < 1.29 is 14.6 Å². The number of carboxylic acids is 1. The van der Waals surface area contributed by atoms with Crippen molar-refractivity contribution in [2.24, 2.45) is 4.99 Å². The Morgan fingerprint density at radius 2 is 2.04 bits per heavy atom. The molecule has 2 heterocycles. The van der Waals surface area contributed by atoms with Crippen molar-refractivity contribution in [3.05, 3.63) is 52.2 Å². The van der Waals surface area contributed by atoms with Gasteiger partial charge in [-0.3, -0.25) is 4.99 Å². The number of ether oxygens (including phenoxy) is 1. The summed E-state index contributed by atoms with van der Waals surface area (Å²) in [5.74, 6) is 0.190. The maximum absolute atomic E-state index is 11.4. The second-order valence-corrected chi connectivity index (χ2v) is 6.09. The lowest BCUT2D eigenvalue weighted by molar-refractivity contribution is -0.139. The van der Waals surface area contributed by atoms with Crippen LogP contribution in [0.2, 0.25) is 0 Å². The number of carbonyl (C=O) groups is 1. The topological polar surface area (TPSA) is 62.1 Å². The number of aliphatic carboxylic acids is 1. The van der Waals surface area contributed by atoms with Gasteiger partial charge in [0.2, 0.25) is 0 Å². The largest absolute Gasteiger partial charge is 0.497 e. The lowest BCUT2D eigenvalue weighted by Crippen LogP contribution is -2.41. The minimum atomic E-state index is -0.972. The summed E-state index contributed by atoms with van der Waals surface area (Å²) in [7, 11) is 1.60. The van der Waals surface area contributed by atoms with Crippen LogP contribution < -0.4 is 4.74 Å². The third-order valence-corrected chi connectivity index (χ3v) is 4.32. The average Bonchev–Trinajstić information content (AvgIpc) is 2.54. The summed E-state index contributed by atoms with van der Waals surface area (Å²) in [5, 5.41) is 10.2. The summed E-state index contributed by atoms with van der Waals surface area (Å²) >= 11 is 12.3. The van der Waals surface area contributed by atoms with E-state index in [0.717, 1.165) is 11.3 Å². The van der Waals surface area contributed by atoms with E-state index in [4.69, 9.17) is 27.9 Å². The summed E-state index contributed by atoms with van der Waals surface area (Å²) in [5.41, 5.74) is 0.941. The van der Waals surface area contributed by atoms with Gasteiger partial charge in [0, 0.05) is 12.6 Å². The van der Waals surface area contributed by atoms with Crippen LogP contribution in [0.1, 0.15) is 18.0 Å². The van der Waals surface area contributed by atoms with E-state index in [2.05, 4.69) is 4.99 Å². The molecule has 0 spiro atoms. The summed E-state index contributed by atoms with van der Waals surface area (Å²) in [4.78, 5) is 17.5. The highest BCUT2D eigenvalue weighted by molar-refractivity contribution is 6.45. The lowest BCUT2D eigenvalue weighted by atomic mass is 9.95. The molecule has 1 aromatic rings. The number of aliphatic imine (C=N–C) groups is 1. The first kappa shape index (κ1) is 15.9. The van der Waals surface area contributed by atoms with Crippen LogP contribution in [-0.2, 0) is 4.79 Å². The number of hydrogen-bond acceptors (Lipinski definition) is 4. The summed E-state index contributed by atoms with van der Waals surface area (Å²) < 4.78 is 5.16. The van der Waals surface area contributed by atoms with Crippen molar-refractivity contribution in [2.75, 3.05) is 7.11 Å². The van der Waals surface area contributed by atoms with E-state index in [-0.39, 0.29) is 6.04 Å². The molecule has 0 bridgehead atoms. The molecule has 5 nitrogen and oxygen atoms in total. The van der Waals surface area contributed by atoms with Crippen molar-refractivity contribution in [3.63, 3.8) is 0 Å². The van der Waals surface area contributed by atoms with Crippen LogP contribution in [0.15, 0.2) is 51.6 Å². The third-order valence-electron chi connectivity index (χ3n) is 3.83. The van der Waals surface area contributed by atoms with Crippen LogP contribution in [0.25, 0.3) is 0 Å². The molecule has 120 valence electrons. The molecular formula is C16H14Cl2N2O3. The highest BCUT2D eigenvalue weighted by Crippen LogP contribution is 2.37. The Kier molecular flexibility index (Phi) is 4.33. The molecule has 0 aliphatic carbocycles. The molecule has 0 saturated carbocycles. The summed E-state index contributed by atoms with van der Waals surface area (Å²) in [6, 6.07) is 6.41. The minimum Gasteiger partial charge on any atom is -0.497 e. The molecule has 2 atom stereocenters. The SMILES string of the molecule is COc1ccc(C2CC(C(=O)O)N=C3C(Cl)=CC(Cl)=CN32)cc1. The van der Waals surface area contributed by atoms with E-state index in [1.807, 2.05) is 29.2 Å². The number of halogens is 2. The third kappa shape index (κ3) is 3.07. The van der Waals surface area contributed by atoms with Crippen molar-refractivity contribution in [1.29, 1.82) is 0 Å². The molecular weight excluding hydrogens is 339 g/mol. The van der Waals surface area contributed by atoms with E-state index in [9.17, 15) is 9.90 Å². The number of nitrogens with zero attached hydrogens (tertiary/aromatic N) is 2. The molecule has 3 rings (SSSR count). The minimum absolute atomic E-state index is 0.217. The number of carboxylic acid groups (broad SMARTS) is 1. The first-order valence-electron chi connectivity index (χ1n) is 6.97. The van der Waals surface area contributed by atoms with Gasteiger partial charge in [-0.05, 0) is 23.8 Å². The predicted molar refractivity (Wildman–Crippen MR) is 88.9 cm³/mol. The first-order valence-corrected chi connectivity index (χ1v) is 7.73. The van der Waals surface area contributed by atoms with E-state index >= 15 is 0 Å². The highest BCUT2D eigenvalue weighted by atomic mass is 35.5. The molecule has 0 radical (unpaired) electrons. The van der Waals surface area contributed by atoms with Gasteiger partial charge in [0.1, 0.15) is 11.6 Å². The molecule has 2 unspecified atom stereocenters. The van der Waals surface area contributed by atoms with E-state index < -0.39 is 12.0 Å². The molecule has 1 N–H and O–H groups in total. The second kappa shape index (κ2) is 6.26. The molecule has 7 heteroatoms. The van der Waals surface area contributed by atoms with Crippen molar-refractivity contribution >= 4 is 35.0 Å². The smallest absolute Gasteiger partial charge is 0.328 e. The van der Waals surface area contributed by atoms with Crippen molar-refractivity contribution in [3.8, 4) is 5.75 Å². The first-order chi connectivity index (χ1) is 11.0. The van der Waals surface area contributed by atoms with Gasteiger partial charge in [-0.15, -0.1) is 0 Å². The van der Waals surface area contributed by atoms with Gasteiger partial charge in [-0.1, -0.05) is 35.3 Å². The number of fused-ring (bicyclic) bond motifs is 1. The van der Waals surface area contributed by atoms with E-state index in [1.165, 1.54) is 0 Å². The number of hydrogen-bond donors (Lipinski definition) is 1. The Morgan fingerprint density at radius 1 is 1.35 bits per heavy atom. The van der Waals surface area contributed by atoms with Gasteiger partial charge >= 0.3 is 5.97 Å². The summed E-state index contributed by atoms with van der Waals surface area (Å²) in [6.45, 7) is 0. The van der Waals surface area contributed by atoms with Gasteiger partial charge in [-0.2, -0.15) is 0 Å². The van der Waals surface area contributed by atoms with Crippen LogP contribution in [0.3, 0.4) is 0 Å².